The van der Waals surface area contributed by atoms with Crippen molar-refractivity contribution in [1.29, 1.82) is 0 Å². The molecule has 0 fully saturated rings. The number of anilines is 2. The number of nitrogens with one attached hydrogen (secondary N) is 2. The zero-order valence-electron chi connectivity index (χ0n) is 19.6. The topological polar surface area (TPSA) is 90.9 Å². The predicted octanol–water partition coefficient (Wildman–Crippen LogP) is 6.29. The number of carbonyl (C=O) groups excluding carboxylic acids is 1. The molecular weight excluding hydrogens is 513 g/mol. The molecule has 0 saturated carbocycles. The normalized spacial score (nSPS) is 15.6. The minimum absolute atomic E-state index is 0.00337. The van der Waals surface area contributed by atoms with E-state index in [0.717, 1.165) is 28.3 Å². The summed E-state index contributed by atoms with van der Waals surface area (Å²) in [7, 11) is -4.05. The van der Waals surface area contributed by atoms with Gasteiger partial charge in [0.25, 0.3) is 10.0 Å². The molecule has 0 spiro atoms. The molecule has 3 heterocycles. The van der Waals surface area contributed by atoms with Crippen molar-refractivity contribution in [2.45, 2.75) is 31.2 Å². The average molecular weight is 537 g/mol. The van der Waals surface area contributed by atoms with Crippen molar-refractivity contribution in [1.82, 2.24) is 4.72 Å². The maximum atomic E-state index is 12.8. The molecule has 0 saturated heterocycles. The smallest absolute Gasteiger partial charge is 0.307 e. The molecule has 184 valence electrons. The lowest BCUT2D eigenvalue weighted by Gasteiger charge is -2.23. The summed E-state index contributed by atoms with van der Waals surface area (Å²) in [6.45, 7) is 3.91. The van der Waals surface area contributed by atoms with Gasteiger partial charge in [0.05, 0.1) is 27.2 Å². The van der Waals surface area contributed by atoms with E-state index >= 15 is 0 Å². The molecule has 10 heteroatoms. The third-order valence-electron chi connectivity index (χ3n) is 5.84. The highest BCUT2D eigenvalue weighted by Crippen LogP contribution is 2.40. The van der Waals surface area contributed by atoms with Gasteiger partial charge in [-0.05, 0) is 73.3 Å². The van der Waals surface area contributed by atoms with Gasteiger partial charge in [0.1, 0.15) is 0 Å². The Kier molecular flexibility index (Phi) is 6.65. The minimum Gasteiger partial charge on any atom is -0.307 e. The van der Waals surface area contributed by atoms with Crippen molar-refractivity contribution in [3.05, 3.63) is 98.4 Å². The second-order valence-corrected chi connectivity index (χ2v) is 12.4. The number of thiophene rings is 2. The van der Waals surface area contributed by atoms with E-state index in [9.17, 15) is 13.2 Å². The van der Waals surface area contributed by atoms with E-state index in [1.54, 1.807) is 46.9 Å². The number of urea groups is 1. The molecule has 1 aliphatic heterocycles. The molecule has 7 nitrogen and oxygen atoms in total. The van der Waals surface area contributed by atoms with Crippen molar-refractivity contribution in [2.24, 2.45) is 5.10 Å². The monoisotopic (exact) mass is 536 g/mol. The van der Waals surface area contributed by atoms with Crippen molar-refractivity contribution in [2.75, 3.05) is 10.3 Å². The first kappa shape index (κ1) is 24.2. The molecule has 0 radical (unpaired) electrons. The number of nitrogens with zero attached hydrogens (tertiary/aromatic N) is 2. The number of hydrazone groups is 1. The largest absolute Gasteiger partial charge is 0.333 e. The Morgan fingerprint density at radius 1 is 1.00 bits per heavy atom. The molecular formula is C26H24N4O3S3. The Morgan fingerprint density at radius 2 is 1.78 bits per heavy atom. The van der Waals surface area contributed by atoms with Crippen LogP contribution in [-0.2, 0) is 10.0 Å². The van der Waals surface area contributed by atoms with E-state index in [0.29, 0.717) is 5.69 Å². The maximum Gasteiger partial charge on any atom is 0.333 e. The highest BCUT2D eigenvalue weighted by molar-refractivity contribution is 7.90. The molecule has 2 aromatic carbocycles. The van der Waals surface area contributed by atoms with Crippen LogP contribution < -0.4 is 15.0 Å². The summed E-state index contributed by atoms with van der Waals surface area (Å²) in [6, 6.07) is 21.1. The quantitative estimate of drug-likeness (QED) is 0.303. The minimum atomic E-state index is -4.05. The summed E-state index contributed by atoms with van der Waals surface area (Å²) >= 11 is 3.39. The van der Waals surface area contributed by atoms with Crippen LogP contribution in [0.4, 0.5) is 16.2 Å². The molecule has 0 bridgehead atoms. The number of amides is 2. The van der Waals surface area contributed by atoms with Crippen LogP contribution in [0.1, 0.15) is 32.7 Å². The molecule has 0 aliphatic carbocycles. The van der Waals surface area contributed by atoms with E-state index < -0.39 is 16.1 Å². The van der Waals surface area contributed by atoms with Crippen LogP contribution in [-0.4, -0.2) is 20.2 Å². The van der Waals surface area contributed by atoms with Crippen LogP contribution in [0.2, 0.25) is 0 Å². The summed E-state index contributed by atoms with van der Waals surface area (Å²) in [5.41, 5.74) is 3.16. The lowest BCUT2D eigenvalue weighted by Crippen LogP contribution is -2.34. The number of para-hydroxylation sites is 1. The SMILES string of the molecule is Cc1ccc(C2CC(c3cccs3)=NN2c2ccc(S(=O)(=O)NC(=O)Nc3ccccc3C)cc2)s1. The fourth-order valence-electron chi connectivity index (χ4n) is 4.01. The number of aryl methyl sites for hydroxylation is 2. The molecule has 1 atom stereocenters. The molecule has 5 rings (SSSR count). The highest BCUT2D eigenvalue weighted by Gasteiger charge is 2.31. The first-order valence-corrected chi connectivity index (χ1v) is 14.4. The summed E-state index contributed by atoms with van der Waals surface area (Å²) in [5, 5.41) is 11.5. The first-order chi connectivity index (χ1) is 17.3. The van der Waals surface area contributed by atoms with Crippen LogP contribution in [0, 0.1) is 13.8 Å². The molecule has 2 N–H and O–H groups in total. The van der Waals surface area contributed by atoms with Gasteiger partial charge in [0.15, 0.2) is 0 Å². The number of rotatable bonds is 6. The fraction of sp³-hybridized carbons (Fsp3) is 0.154. The third kappa shape index (κ3) is 5.06. The predicted molar refractivity (Wildman–Crippen MR) is 147 cm³/mol. The van der Waals surface area contributed by atoms with Gasteiger partial charge in [0.2, 0.25) is 0 Å². The van der Waals surface area contributed by atoms with Gasteiger partial charge >= 0.3 is 6.03 Å². The number of hydrogen-bond donors (Lipinski definition) is 2. The number of benzene rings is 2. The molecule has 36 heavy (non-hydrogen) atoms. The number of hydrogen-bond acceptors (Lipinski definition) is 7. The van der Waals surface area contributed by atoms with Crippen molar-refractivity contribution in [3.63, 3.8) is 0 Å². The van der Waals surface area contributed by atoms with Crippen LogP contribution in [0.25, 0.3) is 0 Å². The summed E-state index contributed by atoms with van der Waals surface area (Å²) in [6.07, 6.45) is 0.765. The second kappa shape index (κ2) is 9.88. The van der Waals surface area contributed by atoms with Gasteiger partial charge in [-0.2, -0.15) is 5.10 Å². The molecule has 1 aliphatic rings. The number of carbonyl (C=O) groups is 1. The average Bonchev–Trinajstić information content (AvgIpc) is 3.61. The van der Waals surface area contributed by atoms with E-state index in [-0.39, 0.29) is 10.9 Å². The van der Waals surface area contributed by atoms with Crippen LogP contribution in [0.15, 0.2) is 88.2 Å². The van der Waals surface area contributed by atoms with Crippen LogP contribution in [0.5, 0.6) is 0 Å². The van der Waals surface area contributed by atoms with E-state index in [1.165, 1.54) is 21.9 Å². The molecule has 2 aromatic heterocycles. The van der Waals surface area contributed by atoms with E-state index in [1.807, 2.05) is 35.5 Å². The Bertz CT molecular complexity index is 1520. The van der Waals surface area contributed by atoms with Crippen molar-refractivity contribution < 1.29 is 13.2 Å². The summed E-state index contributed by atoms with van der Waals surface area (Å²) in [5.74, 6) is 0. The van der Waals surface area contributed by atoms with Gasteiger partial charge < -0.3 is 5.32 Å². The van der Waals surface area contributed by atoms with Crippen LogP contribution in [0.3, 0.4) is 0 Å². The summed E-state index contributed by atoms with van der Waals surface area (Å²) < 4.78 is 27.8. The van der Waals surface area contributed by atoms with Gasteiger partial charge in [-0.15, -0.1) is 22.7 Å². The lowest BCUT2D eigenvalue weighted by molar-refractivity contribution is 0.256. The maximum absolute atomic E-state index is 12.8. The molecule has 4 aromatic rings. The Balaban J connectivity index is 1.37. The zero-order valence-corrected chi connectivity index (χ0v) is 22.1. The lowest BCUT2D eigenvalue weighted by atomic mass is 10.1. The summed E-state index contributed by atoms with van der Waals surface area (Å²) in [4.78, 5) is 15.9. The standard InChI is InChI=1S/C26H24N4O3S3/c1-17-6-3-4-7-21(17)27-26(31)29-36(32,33)20-12-10-19(11-13-20)30-23(25-14-9-18(2)35-25)16-22(28-30)24-8-5-15-34-24/h3-15,23H,16H2,1-2H3,(H2,27,29,31). The third-order valence-corrected chi connectivity index (χ3v) is 9.21. The van der Waals surface area contributed by atoms with Crippen molar-refractivity contribution >= 4 is 55.8 Å². The van der Waals surface area contributed by atoms with Gasteiger partial charge in [-0.25, -0.2) is 17.9 Å². The second-order valence-electron chi connectivity index (χ2n) is 8.41. The number of sulfonamides is 1. The highest BCUT2D eigenvalue weighted by atomic mass is 32.2. The first-order valence-electron chi connectivity index (χ1n) is 11.3. The zero-order chi connectivity index (χ0) is 25.3. The van der Waals surface area contributed by atoms with Gasteiger partial charge in [-0.1, -0.05) is 24.3 Å². The van der Waals surface area contributed by atoms with E-state index in [4.69, 9.17) is 5.10 Å². The van der Waals surface area contributed by atoms with E-state index in [2.05, 4.69) is 35.2 Å². The van der Waals surface area contributed by atoms with Crippen LogP contribution >= 0.6 is 22.7 Å². The fourth-order valence-corrected chi connectivity index (χ4v) is 6.61. The Hall–Kier alpha value is -3.47. The molecule has 2 amide bonds. The van der Waals surface area contributed by atoms with Gasteiger partial charge in [0, 0.05) is 21.9 Å². The van der Waals surface area contributed by atoms with Gasteiger partial charge in [-0.3, -0.25) is 5.01 Å². The molecule has 1 unspecified atom stereocenters. The Morgan fingerprint density at radius 3 is 2.44 bits per heavy atom. The van der Waals surface area contributed by atoms with Crippen molar-refractivity contribution in [3.8, 4) is 0 Å². The Labute approximate surface area is 218 Å².